The molecular weight excluding hydrogens is 499 g/mol. The molecule has 0 fully saturated rings. The van der Waals surface area contributed by atoms with Crippen LogP contribution in [0.15, 0.2) is 91.0 Å². The van der Waals surface area contributed by atoms with Crippen molar-refractivity contribution < 1.29 is 23.6 Å². The Kier molecular flexibility index (Phi) is 8.89. The van der Waals surface area contributed by atoms with Gasteiger partial charge in [0.15, 0.2) is 0 Å². The van der Waals surface area contributed by atoms with E-state index in [-0.39, 0.29) is 22.4 Å². The number of hydrogen-bond acceptors (Lipinski definition) is 6. The molecule has 39 heavy (non-hydrogen) atoms. The minimum atomic E-state index is -0.382. The van der Waals surface area contributed by atoms with Gasteiger partial charge in [-0.25, -0.2) is 4.39 Å². The standard InChI is InChI=1S/C31H29FN2O5/c1-22-29(4-3-5-30(22)34(36)37)33(20-24-6-13-26(32)14-7-24)21-25-10-17-28(18-11-25)39-27-15-8-23(9-16-27)12-19-31(35)38-2/h3-11,13-18H,12,19-21H2,1-2H3. The van der Waals surface area contributed by atoms with Crippen LogP contribution in [-0.2, 0) is 29.0 Å². The van der Waals surface area contributed by atoms with E-state index in [2.05, 4.69) is 4.74 Å². The van der Waals surface area contributed by atoms with Gasteiger partial charge in [-0.15, -0.1) is 0 Å². The summed E-state index contributed by atoms with van der Waals surface area (Å²) in [5, 5.41) is 11.5. The van der Waals surface area contributed by atoms with Crippen LogP contribution < -0.4 is 9.64 Å². The summed E-state index contributed by atoms with van der Waals surface area (Å²) < 4.78 is 24.1. The van der Waals surface area contributed by atoms with Gasteiger partial charge in [-0.3, -0.25) is 14.9 Å². The van der Waals surface area contributed by atoms with Crippen molar-refractivity contribution in [3.63, 3.8) is 0 Å². The Balaban J connectivity index is 1.49. The van der Waals surface area contributed by atoms with Crippen LogP contribution in [0.2, 0.25) is 0 Å². The lowest BCUT2D eigenvalue weighted by atomic mass is 10.1. The first-order valence-electron chi connectivity index (χ1n) is 12.5. The molecule has 0 bridgehead atoms. The molecular formula is C31H29FN2O5. The number of methoxy groups -OCH3 is 1. The number of halogens is 1. The van der Waals surface area contributed by atoms with Gasteiger partial charge in [-0.05, 0) is 72.5 Å². The first-order chi connectivity index (χ1) is 18.8. The second-order valence-electron chi connectivity index (χ2n) is 9.13. The quantitative estimate of drug-likeness (QED) is 0.117. The molecule has 4 aromatic rings. The second-order valence-corrected chi connectivity index (χ2v) is 9.13. The number of rotatable bonds is 11. The first-order valence-corrected chi connectivity index (χ1v) is 12.5. The van der Waals surface area contributed by atoms with Gasteiger partial charge in [0.25, 0.3) is 5.69 Å². The van der Waals surface area contributed by atoms with Crippen LogP contribution in [0.3, 0.4) is 0 Å². The van der Waals surface area contributed by atoms with Gasteiger partial charge < -0.3 is 14.4 Å². The van der Waals surface area contributed by atoms with Crippen LogP contribution in [0, 0.1) is 22.9 Å². The van der Waals surface area contributed by atoms with E-state index in [4.69, 9.17) is 4.74 Å². The smallest absolute Gasteiger partial charge is 0.305 e. The Morgan fingerprint density at radius 2 is 1.38 bits per heavy atom. The molecule has 4 rings (SSSR count). The maximum Gasteiger partial charge on any atom is 0.305 e. The third-order valence-corrected chi connectivity index (χ3v) is 6.40. The summed E-state index contributed by atoms with van der Waals surface area (Å²) >= 11 is 0. The van der Waals surface area contributed by atoms with Crippen molar-refractivity contribution in [2.75, 3.05) is 12.0 Å². The van der Waals surface area contributed by atoms with Crippen molar-refractivity contribution in [1.29, 1.82) is 0 Å². The molecule has 0 aliphatic rings. The zero-order valence-electron chi connectivity index (χ0n) is 21.8. The number of carbonyl (C=O) groups excluding carboxylic acids is 1. The van der Waals surface area contributed by atoms with E-state index in [0.29, 0.717) is 43.0 Å². The molecule has 0 saturated carbocycles. The zero-order valence-corrected chi connectivity index (χ0v) is 21.8. The number of nitro benzene ring substituents is 1. The zero-order chi connectivity index (χ0) is 27.8. The number of hydrogen-bond donors (Lipinski definition) is 0. The summed E-state index contributed by atoms with van der Waals surface area (Å²) in [5.74, 6) is 0.781. The minimum absolute atomic E-state index is 0.0525. The van der Waals surface area contributed by atoms with Gasteiger partial charge in [-0.2, -0.15) is 0 Å². The molecule has 0 heterocycles. The van der Waals surface area contributed by atoms with Crippen LogP contribution in [0.1, 0.15) is 28.7 Å². The number of ether oxygens (including phenoxy) is 2. The topological polar surface area (TPSA) is 81.9 Å². The Morgan fingerprint density at radius 1 is 0.846 bits per heavy atom. The molecule has 0 N–H and O–H groups in total. The second kappa shape index (κ2) is 12.7. The number of carbonyl (C=O) groups is 1. The lowest BCUT2D eigenvalue weighted by molar-refractivity contribution is -0.385. The molecule has 0 radical (unpaired) electrons. The number of aryl methyl sites for hydroxylation is 1. The molecule has 7 nitrogen and oxygen atoms in total. The van der Waals surface area contributed by atoms with Crippen molar-refractivity contribution in [3.05, 3.63) is 129 Å². The number of benzene rings is 4. The summed E-state index contributed by atoms with van der Waals surface area (Å²) in [7, 11) is 1.38. The van der Waals surface area contributed by atoms with Gasteiger partial charge in [0.2, 0.25) is 0 Å². The summed E-state index contributed by atoms with van der Waals surface area (Å²) in [4.78, 5) is 24.5. The first kappa shape index (κ1) is 27.3. The lowest BCUT2D eigenvalue weighted by Gasteiger charge is -2.27. The third-order valence-electron chi connectivity index (χ3n) is 6.40. The maximum absolute atomic E-state index is 13.5. The van der Waals surface area contributed by atoms with E-state index >= 15 is 0 Å². The Morgan fingerprint density at radius 3 is 1.92 bits per heavy atom. The number of esters is 1. The van der Waals surface area contributed by atoms with Crippen molar-refractivity contribution in [3.8, 4) is 11.5 Å². The van der Waals surface area contributed by atoms with E-state index in [0.717, 1.165) is 22.4 Å². The Hall–Kier alpha value is -4.72. The molecule has 0 unspecified atom stereocenters. The molecule has 0 atom stereocenters. The molecule has 200 valence electrons. The van der Waals surface area contributed by atoms with Crippen LogP contribution in [-0.4, -0.2) is 18.0 Å². The molecule has 8 heteroatoms. The largest absolute Gasteiger partial charge is 0.469 e. The number of nitrogens with zero attached hydrogens (tertiary/aromatic N) is 2. The minimum Gasteiger partial charge on any atom is -0.469 e. The van der Waals surface area contributed by atoms with Gasteiger partial charge in [0, 0.05) is 31.3 Å². The van der Waals surface area contributed by atoms with Crippen LogP contribution >= 0.6 is 0 Å². The molecule has 4 aromatic carbocycles. The van der Waals surface area contributed by atoms with E-state index in [1.807, 2.05) is 59.5 Å². The average molecular weight is 529 g/mol. The predicted molar refractivity (Wildman–Crippen MR) is 147 cm³/mol. The van der Waals surface area contributed by atoms with Crippen molar-refractivity contribution in [2.45, 2.75) is 32.9 Å². The fourth-order valence-corrected chi connectivity index (χ4v) is 4.28. The predicted octanol–water partition coefficient (Wildman–Crippen LogP) is 7.15. The molecule has 0 aliphatic heterocycles. The van der Waals surface area contributed by atoms with Crippen molar-refractivity contribution in [1.82, 2.24) is 0 Å². The number of nitro groups is 1. The summed E-state index contributed by atoms with van der Waals surface area (Å²) in [6.07, 6.45) is 0.923. The van der Waals surface area contributed by atoms with E-state index < -0.39 is 0 Å². The highest BCUT2D eigenvalue weighted by atomic mass is 19.1. The third kappa shape index (κ3) is 7.41. The number of anilines is 1. The maximum atomic E-state index is 13.5. The van der Waals surface area contributed by atoms with Gasteiger partial charge in [0.1, 0.15) is 17.3 Å². The fourth-order valence-electron chi connectivity index (χ4n) is 4.28. The average Bonchev–Trinajstić information content (AvgIpc) is 2.94. The monoisotopic (exact) mass is 528 g/mol. The molecule has 0 aromatic heterocycles. The summed E-state index contributed by atoms with van der Waals surface area (Å²) in [6, 6.07) is 26.5. The summed E-state index contributed by atoms with van der Waals surface area (Å²) in [6.45, 7) is 2.67. The van der Waals surface area contributed by atoms with Gasteiger partial charge >= 0.3 is 5.97 Å². The van der Waals surface area contributed by atoms with Crippen LogP contribution in [0.5, 0.6) is 11.5 Å². The van der Waals surface area contributed by atoms with E-state index in [1.165, 1.54) is 25.3 Å². The van der Waals surface area contributed by atoms with Crippen molar-refractivity contribution >= 4 is 17.3 Å². The molecule has 0 aliphatic carbocycles. The van der Waals surface area contributed by atoms with Gasteiger partial charge in [0.05, 0.1) is 17.6 Å². The Labute approximate surface area is 226 Å². The Bertz CT molecular complexity index is 1420. The van der Waals surface area contributed by atoms with Gasteiger partial charge in [-0.1, -0.05) is 42.5 Å². The van der Waals surface area contributed by atoms with Crippen LogP contribution in [0.4, 0.5) is 15.8 Å². The SMILES string of the molecule is COC(=O)CCc1ccc(Oc2ccc(CN(Cc3ccc(F)cc3)c3cccc([N+](=O)[O-])c3C)cc2)cc1. The molecule has 0 amide bonds. The highest BCUT2D eigenvalue weighted by molar-refractivity contribution is 5.69. The molecule has 0 spiro atoms. The summed E-state index contributed by atoms with van der Waals surface area (Å²) in [5.41, 5.74) is 4.24. The highest BCUT2D eigenvalue weighted by Gasteiger charge is 2.18. The normalized spacial score (nSPS) is 10.6. The van der Waals surface area contributed by atoms with E-state index in [9.17, 15) is 19.3 Å². The van der Waals surface area contributed by atoms with Crippen LogP contribution in [0.25, 0.3) is 0 Å². The van der Waals surface area contributed by atoms with Crippen molar-refractivity contribution in [2.24, 2.45) is 0 Å². The lowest BCUT2D eigenvalue weighted by Crippen LogP contribution is -2.23. The molecule has 0 saturated heterocycles. The van der Waals surface area contributed by atoms with E-state index in [1.54, 1.807) is 25.1 Å². The fraction of sp³-hybridized carbons (Fsp3) is 0.194. The highest BCUT2D eigenvalue weighted by Crippen LogP contribution is 2.31.